The number of anilines is 1. The molecule has 4 aromatic carbocycles. The van der Waals surface area contributed by atoms with Crippen LogP contribution in [0.25, 0.3) is 21.5 Å². The topological polar surface area (TPSA) is 90.1 Å². The quantitative estimate of drug-likeness (QED) is 0.161. The second kappa shape index (κ2) is 13.6. The van der Waals surface area contributed by atoms with Crippen LogP contribution in [0.15, 0.2) is 120 Å². The third-order valence-corrected chi connectivity index (χ3v) is 11.2. The van der Waals surface area contributed by atoms with Gasteiger partial charge in [-0.25, -0.2) is 0 Å². The number of carbonyl (C=O) groups is 2. The number of methoxy groups -OCH3 is 1. The third-order valence-electron chi connectivity index (χ3n) is 11.2. The Kier molecular flexibility index (Phi) is 9.16. The number of aliphatic carboxylic acids is 2. The Bertz CT molecular complexity index is 2280. The first kappa shape index (κ1) is 35.0. The van der Waals surface area contributed by atoms with Gasteiger partial charge in [0.1, 0.15) is 12.2 Å². The number of allylic oxidation sites excluding steroid dienone is 7. The molecule has 0 amide bonds. The van der Waals surface area contributed by atoms with Gasteiger partial charge in [0.25, 0.3) is 0 Å². The second-order valence-corrected chi connectivity index (χ2v) is 15.1. The molecule has 1 aliphatic carbocycles. The van der Waals surface area contributed by atoms with Gasteiger partial charge in [0, 0.05) is 41.1 Å². The molecule has 0 spiro atoms. The SMILES string of the molecule is COC1=C(/C=C/C2=[N+](CCC(=O)O)c3ccc4ccccc4c3C2(C)C)CCC/C1=C\C=C1\N(CCC(=O)O)c2ccc3ccccc3c2C1(C)C. The summed E-state index contributed by atoms with van der Waals surface area (Å²) in [6, 6.07) is 25.3. The number of fused-ring (bicyclic) bond motifs is 6. The van der Waals surface area contributed by atoms with Crippen molar-refractivity contribution in [2.75, 3.05) is 25.1 Å². The third kappa shape index (κ3) is 6.02. The largest absolute Gasteiger partial charge is 0.496 e. The number of carboxylic acid groups (broad SMARTS) is 2. The molecule has 0 bridgehead atoms. The highest BCUT2D eigenvalue weighted by atomic mass is 16.5. The maximum absolute atomic E-state index is 11.8. The van der Waals surface area contributed by atoms with Crippen molar-refractivity contribution >= 4 is 50.6 Å². The van der Waals surface area contributed by atoms with Gasteiger partial charge >= 0.3 is 11.9 Å². The number of nitrogens with zero attached hydrogens (tertiary/aromatic N) is 2. The average Bonchev–Trinajstić information content (AvgIpc) is 3.49. The Balaban J connectivity index is 1.29. The molecular weight excluding hydrogens is 649 g/mol. The molecule has 4 aromatic rings. The summed E-state index contributed by atoms with van der Waals surface area (Å²) in [5, 5.41) is 24.0. The fourth-order valence-electron chi connectivity index (χ4n) is 8.81. The fraction of sp³-hybridized carbons (Fsp3) is 0.311. The van der Waals surface area contributed by atoms with Crippen molar-refractivity contribution < 1.29 is 29.1 Å². The summed E-state index contributed by atoms with van der Waals surface area (Å²) in [5.41, 5.74) is 8.16. The first-order valence-electron chi connectivity index (χ1n) is 18.2. The molecule has 0 radical (unpaired) electrons. The van der Waals surface area contributed by atoms with E-state index in [-0.39, 0.29) is 23.7 Å². The van der Waals surface area contributed by atoms with Crippen LogP contribution in [-0.4, -0.2) is 52.6 Å². The summed E-state index contributed by atoms with van der Waals surface area (Å²) < 4.78 is 8.32. The molecule has 0 fully saturated rings. The highest BCUT2D eigenvalue weighted by molar-refractivity contribution is 6.08. The van der Waals surface area contributed by atoms with Crippen LogP contribution in [-0.2, 0) is 25.2 Å². The molecule has 52 heavy (non-hydrogen) atoms. The lowest BCUT2D eigenvalue weighted by Gasteiger charge is -2.27. The van der Waals surface area contributed by atoms with Crippen LogP contribution in [0.3, 0.4) is 0 Å². The van der Waals surface area contributed by atoms with E-state index in [4.69, 9.17) is 4.74 Å². The number of hydrogen-bond donors (Lipinski definition) is 2. The van der Waals surface area contributed by atoms with E-state index in [2.05, 4.69) is 122 Å². The van der Waals surface area contributed by atoms with Crippen molar-refractivity contribution in [1.82, 2.24) is 0 Å². The first-order valence-corrected chi connectivity index (χ1v) is 18.2. The van der Waals surface area contributed by atoms with Gasteiger partial charge in [0.15, 0.2) is 12.3 Å². The lowest BCUT2D eigenvalue weighted by Crippen LogP contribution is -2.28. The summed E-state index contributed by atoms with van der Waals surface area (Å²) in [6.45, 7) is 9.66. The number of rotatable bonds is 10. The predicted molar refractivity (Wildman–Crippen MR) is 209 cm³/mol. The lowest BCUT2D eigenvalue weighted by atomic mass is 9.78. The molecule has 2 aliphatic heterocycles. The first-order chi connectivity index (χ1) is 24.9. The van der Waals surface area contributed by atoms with Crippen molar-refractivity contribution in [2.45, 2.75) is 70.6 Å². The molecule has 7 rings (SSSR count). The Morgan fingerprint density at radius 1 is 0.788 bits per heavy atom. The fourth-order valence-corrected chi connectivity index (χ4v) is 8.81. The van der Waals surface area contributed by atoms with Crippen LogP contribution in [0.2, 0.25) is 0 Å². The molecule has 0 atom stereocenters. The Morgan fingerprint density at radius 2 is 1.44 bits per heavy atom. The van der Waals surface area contributed by atoms with Crippen LogP contribution in [0, 0.1) is 0 Å². The summed E-state index contributed by atoms with van der Waals surface area (Å²) in [7, 11) is 1.73. The molecule has 2 heterocycles. The Morgan fingerprint density at radius 3 is 2.12 bits per heavy atom. The van der Waals surface area contributed by atoms with E-state index in [9.17, 15) is 19.8 Å². The van der Waals surface area contributed by atoms with Gasteiger partial charge in [0.05, 0.1) is 18.9 Å². The maximum atomic E-state index is 11.8. The smallest absolute Gasteiger partial charge is 0.309 e. The van der Waals surface area contributed by atoms with E-state index in [0.29, 0.717) is 13.1 Å². The molecule has 7 nitrogen and oxygen atoms in total. The average molecular weight is 696 g/mol. The highest BCUT2D eigenvalue weighted by Gasteiger charge is 2.46. The predicted octanol–water partition coefficient (Wildman–Crippen LogP) is 9.57. The van der Waals surface area contributed by atoms with Gasteiger partial charge < -0.3 is 19.8 Å². The minimum absolute atomic E-state index is 0.0345. The highest BCUT2D eigenvalue weighted by Crippen LogP contribution is 2.51. The van der Waals surface area contributed by atoms with E-state index in [1.165, 1.54) is 32.7 Å². The van der Waals surface area contributed by atoms with Gasteiger partial charge in [-0.15, -0.1) is 0 Å². The van der Waals surface area contributed by atoms with Gasteiger partial charge in [-0.1, -0.05) is 74.5 Å². The summed E-state index contributed by atoms with van der Waals surface area (Å²) >= 11 is 0. The van der Waals surface area contributed by atoms with Crippen molar-refractivity contribution in [3.63, 3.8) is 0 Å². The zero-order chi connectivity index (χ0) is 36.8. The monoisotopic (exact) mass is 695 g/mol. The van der Waals surface area contributed by atoms with Gasteiger partial charge in [-0.2, -0.15) is 4.58 Å². The van der Waals surface area contributed by atoms with Crippen molar-refractivity contribution in [2.24, 2.45) is 0 Å². The minimum Gasteiger partial charge on any atom is -0.496 e. The molecule has 0 aromatic heterocycles. The minimum atomic E-state index is -0.820. The molecule has 266 valence electrons. The van der Waals surface area contributed by atoms with E-state index >= 15 is 0 Å². The maximum Gasteiger partial charge on any atom is 0.309 e. The van der Waals surface area contributed by atoms with Gasteiger partial charge in [-0.3, -0.25) is 9.59 Å². The van der Waals surface area contributed by atoms with Crippen LogP contribution in [0.4, 0.5) is 11.4 Å². The summed E-state index contributed by atoms with van der Waals surface area (Å²) in [5.74, 6) is -0.787. The standard InChI is InChI=1S/C45H46N2O5/c1-44(2)37(46(27-25-39(48)49)35-21-17-29-11-6-8-15-33(29)41(35)44)23-19-31-13-10-14-32(43(31)52-5)20-24-38-45(3,4)42-34-16-9-7-12-30(34)18-22-36(42)47(38)28-26-40(50)51/h6-9,11-12,15-24H,10,13-14,25-28H2,1-5H3,(H-,48,49,50,51)/p+1. The molecular formula is C45H47N2O5+. The number of hydrogen-bond acceptors (Lipinski definition) is 4. The van der Waals surface area contributed by atoms with Crippen molar-refractivity contribution in [3.8, 4) is 0 Å². The molecule has 0 unspecified atom stereocenters. The molecule has 3 aliphatic rings. The molecule has 2 N–H and O–H groups in total. The Labute approximate surface area is 305 Å². The molecule has 0 saturated heterocycles. The van der Waals surface area contributed by atoms with E-state index in [1.807, 2.05) is 12.1 Å². The second-order valence-electron chi connectivity index (χ2n) is 15.1. The van der Waals surface area contributed by atoms with E-state index in [1.54, 1.807) is 7.11 Å². The van der Waals surface area contributed by atoms with E-state index in [0.717, 1.165) is 59.0 Å². The molecule has 7 heteroatoms. The van der Waals surface area contributed by atoms with E-state index < -0.39 is 11.9 Å². The van der Waals surface area contributed by atoms with Crippen LogP contribution in [0.1, 0.15) is 70.9 Å². The number of benzene rings is 4. The summed E-state index contributed by atoms with van der Waals surface area (Å²) in [4.78, 5) is 25.7. The number of carboxylic acids is 2. The lowest BCUT2D eigenvalue weighted by molar-refractivity contribution is -0.436. The van der Waals surface area contributed by atoms with Crippen molar-refractivity contribution in [1.29, 1.82) is 0 Å². The number of ether oxygens (including phenoxy) is 1. The zero-order valence-corrected chi connectivity index (χ0v) is 30.7. The van der Waals surface area contributed by atoms with Crippen LogP contribution >= 0.6 is 0 Å². The van der Waals surface area contributed by atoms with Crippen LogP contribution < -0.4 is 4.90 Å². The van der Waals surface area contributed by atoms with Crippen molar-refractivity contribution in [3.05, 3.63) is 131 Å². The van der Waals surface area contributed by atoms with Gasteiger partial charge in [-0.05, 0) is 95.6 Å². The zero-order valence-electron chi connectivity index (χ0n) is 30.7. The molecule has 0 saturated carbocycles. The van der Waals surface area contributed by atoms with Gasteiger partial charge in [0.2, 0.25) is 5.69 Å². The van der Waals surface area contributed by atoms with Crippen LogP contribution in [0.5, 0.6) is 0 Å². The normalized spacial score (nSPS) is 19.4. The summed E-state index contributed by atoms with van der Waals surface area (Å²) in [6.07, 6.45) is 11.4. The Hall–Kier alpha value is -5.43.